The fourth-order valence-corrected chi connectivity index (χ4v) is 3.17. The highest BCUT2D eigenvalue weighted by atomic mass is 15.1. The molecular formula is C21H27N3. The number of nitrogens with two attached hydrogens (primary N) is 1. The lowest BCUT2D eigenvalue weighted by atomic mass is 9.79. The Balaban J connectivity index is 2.10. The minimum absolute atomic E-state index is 0.128. The Morgan fingerprint density at radius 1 is 0.875 bits per heavy atom. The molecule has 2 aromatic rings. The number of rotatable bonds is 3. The summed E-state index contributed by atoms with van der Waals surface area (Å²) in [5.41, 5.74) is 9.80. The molecule has 0 fully saturated rings. The summed E-state index contributed by atoms with van der Waals surface area (Å²) in [5, 5.41) is 3.43. The van der Waals surface area contributed by atoms with E-state index >= 15 is 0 Å². The number of aliphatic imine (C=N–C) groups is 1. The van der Waals surface area contributed by atoms with Gasteiger partial charge in [0.2, 0.25) is 0 Å². The number of hydrogen-bond donors (Lipinski definition) is 2. The lowest BCUT2D eigenvalue weighted by Gasteiger charge is -2.35. The number of hydrogen-bond acceptors (Lipinski definition) is 3. The summed E-state index contributed by atoms with van der Waals surface area (Å²) >= 11 is 0. The van der Waals surface area contributed by atoms with Gasteiger partial charge in [-0.1, -0.05) is 75.4 Å². The second-order valence-electron chi connectivity index (χ2n) is 7.51. The molecule has 1 heterocycles. The molecule has 2 aromatic carbocycles. The normalized spacial score (nSPS) is 17.6. The molecule has 1 aliphatic heterocycles. The molecule has 1 unspecified atom stereocenters. The van der Waals surface area contributed by atoms with Crippen molar-refractivity contribution in [2.75, 3.05) is 13.1 Å². The predicted octanol–water partition coefficient (Wildman–Crippen LogP) is 3.58. The van der Waals surface area contributed by atoms with Crippen molar-refractivity contribution >= 4 is 5.84 Å². The first-order valence-corrected chi connectivity index (χ1v) is 8.66. The molecule has 3 N–H and O–H groups in total. The maximum Gasteiger partial charge on any atom is 0.126 e. The topological polar surface area (TPSA) is 50.4 Å². The third-order valence-corrected chi connectivity index (χ3v) is 4.71. The summed E-state index contributed by atoms with van der Waals surface area (Å²) in [7, 11) is 0. The SMILES string of the molecule is CC(C)(C)c1ccc(C(N)(C2=NCCCN2)c2ccccc2)cc1. The van der Waals surface area contributed by atoms with Crippen molar-refractivity contribution in [2.24, 2.45) is 10.7 Å². The molecule has 0 amide bonds. The largest absolute Gasteiger partial charge is 0.372 e. The van der Waals surface area contributed by atoms with Crippen LogP contribution in [0, 0.1) is 0 Å². The molecule has 0 saturated carbocycles. The third-order valence-electron chi connectivity index (χ3n) is 4.71. The minimum atomic E-state index is -0.738. The van der Waals surface area contributed by atoms with Gasteiger partial charge < -0.3 is 11.1 Å². The van der Waals surface area contributed by atoms with Gasteiger partial charge in [-0.15, -0.1) is 0 Å². The molecule has 0 spiro atoms. The van der Waals surface area contributed by atoms with Crippen LogP contribution in [-0.2, 0) is 11.0 Å². The fourth-order valence-electron chi connectivity index (χ4n) is 3.17. The van der Waals surface area contributed by atoms with Gasteiger partial charge in [0.25, 0.3) is 0 Å². The summed E-state index contributed by atoms with van der Waals surface area (Å²) in [4.78, 5) is 4.71. The Labute approximate surface area is 145 Å². The van der Waals surface area contributed by atoms with Gasteiger partial charge in [-0.3, -0.25) is 4.99 Å². The van der Waals surface area contributed by atoms with E-state index in [-0.39, 0.29) is 5.41 Å². The molecule has 126 valence electrons. The number of nitrogens with one attached hydrogen (secondary N) is 1. The van der Waals surface area contributed by atoms with Crippen molar-refractivity contribution in [3.8, 4) is 0 Å². The molecule has 0 radical (unpaired) electrons. The first-order valence-electron chi connectivity index (χ1n) is 8.66. The van der Waals surface area contributed by atoms with E-state index in [0.717, 1.165) is 36.5 Å². The Bertz CT molecular complexity index is 711. The monoisotopic (exact) mass is 321 g/mol. The molecule has 24 heavy (non-hydrogen) atoms. The van der Waals surface area contributed by atoms with Crippen molar-refractivity contribution in [1.82, 2.24) is 5.32 Å². The molecule has 0 aliphatic carbocycles. The highest BCUT2D eigenvalue weighted by Gasteiger charge is 2.36. The van der Waals surface area contributed by atoms with Crippen LogP contribution in [-0.4, -0.2) is 18.9 Å². The van der Waals surface area contributed by atoms with Crippen LogP contribution in [0.1, 0.15) is 43.9 Å². The molecule has 3 heteroatoms. The second kappa shape index (κ2) is 6.40. The molecule has 1 aliphatic rings. The van der Waals surface area contributed by atoms with Gasteiger partial charge in [0.15, 0.2) is 0 Å². The van der Waals surface area contributed by atoms with Crippen LogP contribution in [0.2, 0.25) is 0 Å². The van der Waals surface area contributed by atoms with E-state index < -0.39 is 5.54 Å². The summed E-state index contributed by atoms with van der Waals surface area (Å²) in [6.07, 6.45) is 1.05. The first kappa shape index (κ1) is 16.7. The summed E-state index contributed by atoms with van der Waals surface area (Å²) in [6, 6.07) is 18.9. The van der Waals surface area contributed by atoms with E-state index in [0.29, 0.717) is 0 Å². The van der Waals surface area contributed by atoms with E-state index in [1.165, 1.54) is 5.56 Å². The Morgan fingerprint density at radius 2 is 1.46 bits per heavy atom. The smallest absolute Gasteiger partial charge is 0.126 e. The van der Waals surface area contributed by atoms with Crippen molar-refractivity contribution in [3.63, 3.8) is 0 Å². The van der Waals surface area contributed by atoms with Gasteiger partial charge in [0.05, 0.1) is 0 Å². The lowest BCUT2D eigenvalue weighted by molar-refractivity contribution is 0.588. The quantitative estimate of drug-likeness (QED) is 0.908. The van der Waals surface area contributed by atoms with Crippen molar-refractivity contribution in [2.45, 2.75) is 38.1 Å². The number of amidine groups is 1. The fraction of sp³-hybridized carbons (Fsp3) is 0.381. The van der Waals surface area contributed by atoms with Crippen LogP contribution in [0.5, 0.6) is 0 Å². The average Bonchev–Trinajstić information content (AvgIpc) is 2.62. The first-order chi connectivity index (χ1) is 11.4. The number of benzene rings is 2. The zero-order valence-electron chi connectivity index (χ0n) is 14.8. The summed E-state index contributed by atoms with van der Waals surface area (Å²) in [6.45, 7) is 8.42. The van der Waals surface area contributed by atoms with Crippen LogP contribution < -0.4 is 11.1 Å². The van der Waals surface area contributed by atoms with Gasteiger partial charge >= 0.3 is 0 Å². The molecule has 3 nitrogen and oxygen atoms in total. The van der Waals surface area contributed by atoms with E-state index in [9.17, 15) is 0 Å². The van der Waals surface area contributed by atoms with Gasteiger partial charge in [0, 0.05) is 13.1 Å². The molecule has 0 saturated heterocycles. The van der Waals surface area contributed by atoms with Crippen LogP contribution in [0.3, 0.4) is 0 Å². The highest BCUT2D eigenvalue weighted by molar-refractivity contribution is 5.96. The lowest BCUT2D eigenvalue weighted by Crippen LogP contribution is -2.53. The molecule has 1 atom stereocenters. The van der Waals surface area contributed by atoms with Gasteiger partial charge in [-0.2, -0.15) is 0 Å². The van der Waals surface area contributed by atoms with Crippen LogP contribution in [0.15, 0.2) is 59.6 Å². The van der Waals surface area contributed by atoms with Crippen LogP contribution in [0.25, 0.3) is 0 Å². The zero-order valence-corrected chi connectivity index (χ0v) is 14.8. The Hall–Kier alpha value is -2.13. The third kappa shape index (κ3) is 3.09. The molecule has 3 rings (SSSR count). The Kier molecular flexibility index (Phi) is 4.46. The zero-order chi connectivity index (χ0) is 17.2. The summed E-state index contributed by atoms with van der Waals surface area (Å²) in [5.74, 6) is 0.864. The summed E-state index contributed by atoms with van der Waals surface area (Å²) < 4.78 is 0. The maximum absolute atomic E-state index is 6.98. The van der Waals surface area contributed by atoms with E-state index in [1.807, 2.05) is 18.2 Å². The number of nitrogens with zero attached hydrogens (tertiary/aromatic N) is 1. The van der Waals surface area contributed by atoms with Gasteiger partial charge in [-0.05, 0) is 28.5 Å². The second-order valence-corrected chi connectivity index (χ2v) is 7.51. The maximum atomic E-state index is 6.98. The van der Waals surface area contributed by atoms with Crippen molar-refractivity contribution < 1.29 is 0 Å². The van der Waals surface area contributed by atoms with Crippen LogP contribution >= 0.6 is 0 Å². The molecule has 0 aromatic heterocycles. The van der Waals surface area contributed by atoms with Crippen molar-refractivity contribution in [3.05, 3.63) is 71.3 Å². The molecule has 0 bridgehead atoms. The van der Waals surface area contributed by atoms with Gasteiger partial charge in [0.1, 0.15) is 11.4 Å². The van der Waals surface area contributed by atoms with Gasteiger partial charge in [-0.25, -0.2) is 0 Å². The molecular weight excluding hydrogens is 294 g/mol. The van der Waals surface area contributed by atoms with Crippen molar-refractivity contribution in [1.29, 1.82) is 0 Å². The highest BCUT2D eigenvalue weighted by Crippen LogP contribution is 2.31. The average molecular weight is 321 g/mol. The van der Waals surface area contributed by atoms with E-state index in [1.54, 1.807) is 0 Å². The standard InChI is InChI=1S/C21H27N3/c1-20(2,3)16-10-12-18(13-11-16)21(22,17-8-5-4-6-9-17)19-23-14-7-15-24-19/h4-6,8-13H,7,14-15,22H2,1-3H3,(H,23,24). The minimum Gasteiger partial charge on any atom is -0.372 e. The Morgan fingerprint density at radius 3 is 2.00 bits per heavy atom. The van der Waals surface area contributed by atoms with E-state index in [2.05, 4.69) is 62.5 Å². The van der Waals surface area contributed by atoms with Crippen LogP contribution in [0.4, 0.5) is 0 Å². The predicted molar refractivity (Wildman–Crippen MR) is 101 cm³/mol. The van der Waals surface area contributed by atoms with E-state index in [4.69, 9.17) is 10.7 Å².